The van der Waals surface area contributed by atoms with E-state index in [0.717, 1.165) is 10.3 Å². The number of aromatic hydroxyl groups is 1. The third kappa shape index (κ3) is 4.42. The van der Waals surface area contributed by atoms with Crippen LogP contribution in [0.4, 0.5) is 4.39 Å². The normalized spacial score (nSPS) is 23.8. The number of amides is 1. The van der Waals surface area contributed by atoms with Crippen LogP contribution in [0.5, 0.6) is 5.75 Å². The first kappa shape index (κ1) is 24.8. The minimum Gasteiger partial charge on any atom is -0.506 e. The van der Waals surface area contributed by atoms with Gasteiger partial charge >= 0.3 is 0 Å². The molecule has 192 valence electrons. The number of aliphatic hydroxyl groups is 3. The summed E-state index contributed by atoms with van der Waals surface area (Å²) in [6.07, 6.45) is -3.96. The van der Waals surface area contributed by atoms with Crippen LogP contribution in [0.2, 0.25) is 0 Å². The fourth-order valence-corrected chi connectivity index (χ4v) is 4.65. The van der Waals surface area contributed by atoms with E-state index in [2.05, 4.69) is 10.3 Å². The van der Waals surface area contributed by atoms with Crippen molar-refractivity contribution < 1.29 is 34.3 Å². The van der Waals surface area contributed by atoms with Gasteiger partial charge in [-0.2, -0.15) is 0 Å². The fourth-order valence-electron chi connectivity index (χ4n) is 4.65. The Morgan fingerprint density at radius 2 is 1.89 bits per heavy atom. The zero-order valence-corrected chi connectivity index (χ0v) is 19.7. The van der Waals surface area contributed by atoms with Crippen molar-refractivity contribution in [1.82, 2.24) is 19.9 Å². The quantitative estimate of drug-likeness (QED) is 0.319. The molecule has 1 aliphatic heterocycles. The van der Waals surface area contributed by atoms with Crippen molar-refractivity contribution in [2.75, 3.05) is 13.7 Å². The number of ether oxygens (including phenoxy) is 1. The number of rotatable bonds is 5. The van der Waals surface area contributed by atoms with Gasteiger partial charge in [0.1, 0.15) is 41.6 Å². The van der Waals surface area contributed by atoms with Crippen LogP contribution in [0.1, 0.15) is 16.4 Å². The van der Waals surface area contributed by atoms with E-state index in [-0.39, 0.29) is 11.3 Å². The summed E-state index contributed by atoms with van der Waals surface area (Å²) in [5, 5.41) is 51.9. The molecule has 1 fully saturated rings. The molecule has 2 unspecified atom stereocenters. The highest BCUT2D eigenvalue weighted by Gasteiger charge is 2.48. The minimum absolute atomic E-state index is 0.00522. The zero-order valence-electron chi connectivity index (χ0n) is 19.7. The molecule has 1 aromatic heterocycles. The molecule has 0 spiro atoms. The van der Waals surface area contributed by atoms with Crippen LogP contribution < -0.4 is 0 Å². The smallest absolute Gasteiger partial charge is 0.259 e. The van der Waals surface area contributed by atoms with E-state index in [0.29, 0.717) is 16.6 Å². The predicted molar refractivity (Wildman–Crippen MR) is 130 cm³/mol. The van der Waals surface area contributed by atoms with Crippen LogP contribution in [-0.2, 0) is 4.74 Å². The van der Waals surface area contributed by atoms with Crippen molar-refractivity contribution in [3.05, 3.63) is 78.2 Å². The van der Waals surface area contributed by atoms with Gasteiger partial charge < -0.3 is 30.1 Å². The molecule has 0 radical (unpaired) electrons. The summed E-state index contributed by atoms with van der Waals surface area (Å²) >= 11 is 0. The predicted octanol–water partition coefficient (Wildman–Crippen LogP) is 1.70. The zero-order chi connectivity index (χ0) is 26.3. The summed E-state index contributed by atoms with van der Waals surface area (Å²) < 4.78 is 20.6. The molecular formula is C26H25FN4O6. The molecule has 0 bridgehead atoms. The van der Waals surface area contributed by atoms with Crippen molar-refractivity contribution in [2.45, 2.75) is 30.6 Å². The van der Waals surface area contributed by atoms with Crippen molar-refractivity contribution in [3.63, 3.8) is 0 Å². The Hall–Kier alpha value is -3.90. The minimum atomic E-state index is -1.50. The molecule has 3 aromatic carbocycles. The maximum atomic E-state index is 13.7. The summed E-state index contributed by atoms with van der Waals surface area (Å²) in [6.45, 7) is -0.602. The van der Waals surface area contributed by atoms with Gasteiger partial charge in [0.2, 0.25) is 0 Å². The van der Waals surface area contributed by atoms with Crippen LogP contribution >= 0.6 is 0 Å². The number of fused-ring (bicyclic) bond motifs is 1. The summed E-state index contributed by atoms with van der Waals surface area (Å²) in [6, 6.07) is 14.8. The number of benzene rings is 3. The van der Waals surface area contributed by atoms with Crippen LogP contribution in [-0.4, -0.2) is 84.4 Å². The Balaban J connectivity index is 1.46. The average molecular weight is 509 g/mol. The first-order valence-corrected chi connectivity index (χ1v) is 11.6. The van der Waals surface area contributed by atoms with Crippen molar-refractivity contribution >= 4 is 16.7 Å². The average Bonchev–Trinajstić information content (AvgIpc) is 3.38. The summed E-state index contributed by atoms with van der Waals surface area (Å²) in [7, 11) is 1.38. The van der Waals surface area contributed by atoms with Crippen molar-refractivity contribution in [3.8, 4) is 17.0 Å². The number of phenols is 1. The number of likely N-dealkylation sites (N-methyl/N-ethyl adjacent to an activating group) is 1. The fraction of sp³-hybridized carbons (Fsp3) is 0.269. The van der Waals surface area contributed by atoms with Gasteiger partial charge in [-0.3, -0.25) is 4.79 Å². The highest BCUT2D eigenvalue weighted by atomic mass is 19.1. The highest BCUT2D eigenvalue weighted by molar-refractivity contribution is 6.03. The van der Waals surface area contributed by atoms with Gasteiger partial charge in [0.05, 0.1) is 18.4 Å². The molecule has 1 saturated heterocycles. The van der Waals surface area contributed by atoms with Crippen LogP contribution in [0, 0.1) is 5.82 Å². The number of hydrogen-bond acceptors (Lipinski definition) is 8. The third-order valence-electron chi connectivity index (χ3n) is 6.64. The SMILES string of the molecule is CN(C(=O)c1ccc2ccccc2c1O)[C@@H]1OC(CO)[C@H](O)[C@H](n2cc(-c3cccc(F)c3)nn2)C1O. The standard InChI is InChI=1S/C26H25FN4O6/c1-30(25(36)18-10-9-14-5-2-3-8-17(14)22(18)33)26-24(35)21(23(34)20(13-32)37-26)31-12-19(28-29-31)15-6-4-7-16(27)11-15/h2-12,20-21,23-24,26,32-35H,13H2,1H3/t20?,21-,23-,24?,26+/m0/s1. The summed E-state index contributed by atoms with van der Waals surface area (Å²) in [5.41, 5.74) is 0.735. The molecule has 11 heteroatoms. The lowest BCUT2D eigenvalue weighted by Gasteiger charge is -2.45. The van der Waals surface area contributed by atoms with Crippen LogP contribution in [0.15, 0.2) is 66.9 Å². The van der Waals surface area contributed by atoms with Gasteiger partial charge in [0.25, 0.3) is 5.91 Å². The molecule has 5 atom stereocenters. The molecule has 4 N–H and O–H groups in total. The van der Waals surface area contributed by atoms with E-state index in [9.17, 15) is 29.6 Å². The lowest BCUT2D eigenvalue weighted by Crippen LogP contribution is -2.61. The van der Waals surface area contributed by atoms with E-state index in [1.807, 2.05) is 6.07 Å². The molecule has 4 aromatic rings. The number of carbonyl (C=O) groups is 1. The topological polar surface area (TPSA) is 141 Å². The van der Waals surface area contributed by atoms with E-state index in [4.69, 9.17) is 4.74 Å². The van der Waals surface area contributed by atoms with E-state index < -0.39 is 48.9 Å². The van der Waals surface area contributed by atoms with E-state index in [1.54, 1.807) is 30.3 Å². The first-order chi connectivity index (χ1) is 17.8. The Bertz CT molecular complexity index is 1450. The Kier molecular flexibility index (Phi) is 6.61. The number of nitrogens with zero attached hydrogens (tertiary/aromatic N) is 4. The second kappa shape index (κ2) is 9.87. The number of hydrogen-bond donors (Lipinski definition) is 4. The molecule has 0 aliphatic carbocycles. The van der Waals surface area contributed by atoms with Gasteiger partial charge in [0.15, 0.2) is 6.23 Å². The maximum absolute atomic E-state index is 13.7. The van der Waals surface area contributed by atoms with Gasteiger partial charge in [-0.15, -0.1) is 5.10 Å². The van der Waals surface area contributed by atoms with Crippen molar-refractivity contribution in [1.29, 1.82) is 0 Å². The highest BCUT2D eigenvalue weighted by Crippen LogP contribution is 2.34. The Labute approximate surface area is 210 Å². The summed E-state index contributed by atoms with van der Waals surface area (Å²) in [4.78, 5) is 14.5. The second-order valence-electron chi connectivity index (χ2n) is 8.91. The number of carbonyl (C=O) groups excluding carboxylic acids is 1. The molecule has 0 saturated carbocycles. The Morgan fingerprint density at radius 3 is 2.65 bits per heavy atom. The number of phenolic OH excluding ortho intramolecular Hbond substituents is 1. The Morgan fingerprint density at radius 1 is 1.11 bits per heavy atom. The molecule has 1 aliphatic rings. The van der Waals surface area contributed by atoms with E-state index in [1.165, 1.54) is 42.2 Å². The molecule has 10 nitrogen and oxygen atoms in total. The van der Waals surface area contributed by atoms with Crippen LogP contribution in [0.3, 0.4) is 0 Å². The third-order valence-corrected chi connectivity index (χ3v) is 6.64. The van der Waals surface area contributed by atoms with Crippen LogP contribution in [0.25, 0.3) is 22.0 Å². The number of halogens is 1. The van der Waals surface area contributed by atoms with Gasteiger partial charge in [-0.1, -0.05) is 47.7 Å². The lowest BCUT2D eigenvalue weighted by molar-refractivity contribution is -0.235. The largest absolute Gasteiger partial charge is 0.506 e. The van der Waals surface area contributed by atoms with Crippen molar-refractivity contribution in [2.24, 2.45) is 0 Å². The molecule has 1 amide bonds. The monoisotopic (exact) mass is 508 g/mol. The van der Waals surface area contributed by atoms with Gasteiger partial charge in [-0.05, 0) is 23.6 Å². The first-order valence-electron chi connectivity index (χ1n) is 11.6. The molecular weight excluding hydrogens is 483 g/mol. The molecule has 37 heavy (non-hydrogen) atoms. The lowest BCUT2D eigenvalue weighted by atomic mass is 9.94. The maximum Gasteiger partial charge on any atom is 0.259 e. The number of aromatic nitrogens is 3. The molecule has 2 heterocycles. The van der Waals surface area contributed by atoms with E-state index >= 15 is 0 Å². The molecule has 5 rings (SSSR count). The second-order valence-corrected chi connectivity index (χ2v) is 8.91. The number of aliphatic hydroxyl groups excluding tert-OH is 3. The van der Waals surface area contributed by atoms with Gasteiger partial charge in [0, 0.05) is 18.0 Å². The van der Waals surface area contributed by atoms with Gasteiger partial charge in [-0.25, -0.2) is 9.07 Å². The summed E-state index contributed by atoms with van der Waals surface area (Å²) in [5.74, 6) is -1.32.